The summed E-state index contributed by atoms with van der Waals surface area (Å²) in [4.78, 5) is 12.5. The molecule has 6 heteroatoms. The van der Waals surface area contributed by atoms with Gasteiger partial charge in [0.1, 0.15) is 5.82 Å². The lowest BCUT2D eigenvalue weighted by Gasteiger charge is -2.19. The summed E-state index contributed by atoms with van der Waals surface area (Å²) in [6.07, 6.45) is 2.45. The van der Waals surface area contributed by atoms with Crippen molar-refractivity contribution in [3.63, 3.8) is 0 Å². The van der Waals surface area contributed by atoms with Gasteiger partial charge in [-0.2, -0.15) is 0 Å². The molecule has 1 amide bonds. The summed E-state index contributed by atoms with van der Waals surface area (Å²) in [6, 6.07) is 5.71. The first-order valence-corrected chi connectivity index (χ1v) is 9.03. The molecule has 4 nitrogen and oxygen atoms in total. The van der Waals surface area contributed by atoms with Gasteiger partial charge in [0, 0.05) is 6.04 Å². The molecular formula is C15H18FNO3S. The average Bonchev–Trinajstić information content (AvgIpc) is 3.17. The molecular weight excluding hydrogens is 293 g/mol. The standard InChI is InChI=1S/C15H18FNO3S/c16-12-5-3-11(4-6-12)14(10-1-2-10)15(18)17-13-7-8-21(19,20)9-13/h3-6,10,13-14H,1-2,7-9H2,(H,17,18). The van der Waals surface area contributed by atoms with Crippen LogP contribution in [0.4, 0.5) is 4.39 Å². The van der Waals surface area contributed by atoms with Crippen molar-refractivity contribution in [2.24, 2.45) is 5.92 Å². The molecule has 2 aliphatic rings. The molecule has 2 unspecified atom stereocenters. The van der Waals surface area contributed by atoms with E-state index in [1.165, 1.54) is 12.1 Å². The van der Waals surface area contributed by atoms with Gasteiger partial charge >= 0.3 is 0 Å². The van der Waals surface area contributed by atoms with Crippen molar-refractivity contribution in [2.45, 2.75) is 31.2 Å². The zero-order valence-corrected chi connectivity index (χ0v) is 12.4. The van der Waals surface area contributed by atoms with E-state index in [9.17, 15) is 17.6 Å². The van der Waals surface area contributed by atoms with Gasteiger partial charge in [-0.3, -0.25) is 4.79 Å². The number of benzene rings is 1. The maximum atomic E-state index is 13.0. The number of hydrogen-bond donors (Lipinski definition) is 1. The molecule has 1 heterocycles. The van der Waals surface area contributed by atoms with Crippen molar-refractivity contribution in [2.75, 3.05) is 11.5 Å². The van der Waals surface area contributed by atoms with Crippen LogP contribution >= 0.6 is 0 Å². The third kappa shape index (κ3) is 3.43. The fourth-order valence-corrected chi connectivity index (χ4v) is 4.61. The highest BCUT2D eigenvalue weighted by Crippen LogP contribution is 2.42. The molecule has 2 atom stereocenters. The normalized spacial score (nSPS) is 25.5. The summed E-state index contributed by atoms with van der Waals surface area (Å²) < 4.78 is 35.9. The molecule has 0 aromatic heterocycles. The SMILES string of the molecule is O=C(NC1CCS(=O)(=O)C1)C(c1ccc(F)cc1)C1CC1. The van der Waals surface area contributed by atoms with Crippen LogP contribution < -0.4 is 5.32 Å². The lowest BCUT2D eigenvalue weighted by Crippen LogP contribution is -2.39. The highest BCUT2D eigenvalue weighted by atomic mass is 32.2. The van der Waals surface area contributed by atoms with Crippen molar-refractivity contribution in [1.29, 1.82) is 0 Å². The van der Waals surface area contributed by atoms with E-state index in [-0.39, 0.29) is 41.1 Å². The van der Waals surface area contributed by atoms with E-state index in [0.717, 1.165) is 18.4 Å². The Morgan fingerprint density at radius 3 is 2.38 bits per heavy atom. The van der Waals surface area contributed by atoms with Gasteiger partial charge in [-0.05, 0) is 42.9 Å². The third-order valence-corrected chi connectivity index (χ3v) is 5.95. The van der Waals surface area contributed by atoms with Gasteiger partial charge in [-0.15, -0.1) is 0 Å². The second-order valence-electron chi connectivity index (χ2n) is 5.98. The molecule has 0 radical (unpaired) electrons. The van der Waals surface area contributed by atoms with E-state index >= 15 is 0 Å². The fourth-order valence-electron chi connectivity index (χ4n) is 2.94. The second-order valence-corrected chi connectivity index (χ2v) is 8.20. The Morgan fingerprint density at radius 1 is 1.19 bits per heavy atom. The number of rotatable bonds is 4. The zero-order valence-electron chi connectivity index (χ0n) is 11.6. The van der Waals surface area contributed by atoms with Crippen molar-refractivity contribution in [3.05, 3.63) is 35.6 Å². The number of nitrogens with one attached hydrogen (secondary N) is 1. The van der Waals surface area contributed by atoms with E-state index in [1.807, 2.05) is 0 Å². The Morgan fingerprint density at radius 2 is 1.86 bits per heavy atom. The third-order valence-electron chi connectivity index (χ3n) is 4.18. The molecule has 21 heavy (non-hydrogen) atoms. The quantitative estimate of drug-likeness (QED) is 0.919. The maximum absolute atomic E-state index is 13.0. The average molecular weight is 311 g/mol. The molecule has 1 N–H and O–H groups in total. The van der Waals surface area contributed by atoms with Crippen LogP contribution in [0.3, 0.4) is 0 Å². The Bertz CT molecular complexity index is 637. The minimum Gasteiger partial charge on any atom is -0.352 e. The molecule has 1 saturated heterocycles. The van der Waals surface area contributed by atoms with E-state index < -0.39 is 9.84 Å². The van der Waals surface area contributed by atoms with Crippen LogP contribution in [0, 0.1) is 11.7 Å². The van der Waals surface area contributed by atoms with Gasteiger partial charge in [-0.25, -0.2) is 12.8 Å². The Labute approximate surface area is 123 Å². The van der Waals surface area contributed by atoms with Crippen LogP contribution in [-0.2, 0) is 14.6 Å². The molecule has 1 aliphatic heterocycles. The molecule has 3 rings (SSSR count). The largest absolute Gasteiger partial charge is 0.352 e. The summed E-state index contributed by atoms with van der Waals surface area (Å²) in [5, 5.41) is 2.86. The van der Waals surface area contributed by atoms with Crippen molar-refractivity contribution < 1.29 is 17.6 Å². The highest BCUT2D eigenvalue weighted by molar-refractivity contribution is 7.91. The van der Waals surface area contributed by atoms with Gasteiger partial charge in [0.25, 0.3) is 0 Å². The number of amides is 1. The molecule has 114 valence electrons. The van der Waals surface area contributed by atoms with Crippen LogP contribution in [0.1, 0.15) is 30.7 Å². The molecule has 1 saturated carbocycles. The van der Waals surface area contributed by atoms with E-state index in [1.54, 1.807) is 12.1 Å². The van der Waals surface area contributed by atoms with Crippen molar-refractivity contribution in [1.82, 2.24) is 5.32 Å². The minimum atomic E-state index is -3.01. The summed E-state index contributed by atoms with van der Waals surface area (Å²) in [6.45, 7) is 0. The number of carbonyl (C=O) groups excluding carboxylic acids is 1. The van der Waals surface area contributed by atoms with Gasteiger partial charge in [0.15, 0.2) is 9.84 Å². The van der Waals surface area contributed by atoms with Crippen LogP contribution in [0.2, 0.25) is 0 Å². The Balaban J connectivity index is 1.72. The topological polar surface area (TPSA) is 63.2 Å². The van der Waals surface area contributed by atoms with Gasteiger partial charge in [0.05, 0.1) is 17.4 Å². The predicted molar refractivity (Wildman–Crippen MR) is 77.1 cm³/mol. The maximum Gasteiger partial charge on any atom is 0.228 e. The van der Waals surface area contributed by atoms with Gasteiger partial charge < -0.3 is 5.32 Å². The number of carbonyl (C=O) groups is 1. The first kappa shape index (κ1) is 14.5. The smallest absolute Gasteiger partial charge is 0.228 e. The lowest BCUT2D eigenvalue weighted by molar-refractivity contribution is -0.123. The van der Waals surface area contributed by atoms with E-state index in [0.29, 0.717) is 6.42 Å². The van der Waals surface area contributed by atoms with Crippen LogP contribution in [0.15, 0.2) is 24.3 Å². The molecule has 1 aromatic rings. The fraction of sp³-hybridized carbons (Fsp3) is 0.533. The molecule has 0 spiro atoms. The van der Waals surface area contributed by atoms with Crippen LogP contribution in [0.5, 0.6) is 0 Å². The molecule has 2 fully saturated rings. The molecule has 1 aromatic carbocycles. The van der Waals surface area contributed by atoms with E-state index in [2.05, 4.69) is 5.32 Å². The summed E-state index contributed by atoms with van der Waals surface area (Å²) in [5.41, 5.74) is 0.803. The van der Waals surface area contributed by atoms with Gasteiger partial charge in [0.2, 0.25) is 5.91 Å². The molecule has 0 bridgehead atoms. The van der Waals surface area contributed by atoms with Crippen LogP contribution in [-0.4, -0.2) is 31.9 Å². The summed E-state index contributed by atoms with van der Waals surface area (Å²) >= 11 is 0. The van der Waals surface area contributed by atoms with Crippen LogP contribution in [0.25, 0.3) is 0 Å². The number of halogens is 1. The first-order chi connectivity index (χ1) is 9.94. The minimum absolute atomic E-state index is 0.0273. The summed E-state index contributed by atoms with van der Waals surface area (Å²) in [5.74, 6) is -0.300. The number of hydrogen-bond acceptors (Lipinski definition) is 3. The summed E-state index contributed by atoms with van der Waals surface area (Å²) in [7, 11) is -3.01. The second kappa shape index (κ2) is 5.40. The lowest BCUT2D eigenvalue weighted by atomic mass is 9.93. The van der Waals surface area contributed by atoms with Gasteiger partial charge in [-0.1, -0.05) is 12.1 Å². The number of sulfone groups is 1. The van der Waals surface area contributed by atoms with E-state index in [4.69, 9.17) is 0 Å². The van der Waals surface area contributed by atoms with Crippen molar-refractivity contribution >= 4 is 15.7 Å². The molecule has 1 aliphatic carbocycles. The van der Waals surface area contributed by atoms with Crippen molar-refractivity contribution in [3.8, 4) is 0 Å². The highest BCUT2D eigenvalue weighted by Gasteiger charge is 2.39. The monoisotopic (exact) mass is 311 g/mol. The Hall–Kier alpha value is -1.43. The predicted octanol–water partition coefficient (Wildman–Crippen LogP) is 1.62. The zero-order chi connectivity index (χ0) is 15.0. The first-order valence-electron chi connectivity index (χ1n) is 7.21. The Kier molecular flexibility index (Phi) is 3.73.